The lowest BCUT2D eigenvalue weighted by molar-refractivity contribution is 0.626. The molecule has 0 saturated carbocycles. The normalized spacial score (nSPS) is 12.8. The predicted molar refractivity (Wildman–Crippen MR) is 66.3 cm³/mol. The van der Waals surface area contributed by atoms with E-state index in [1.807, 2.05) is 0 Å². The first kappa shape index (κ1) is 11.4. The average Bonchev–Trinajstić information content (AvgIpc) is 2.62. The predicted octanol–water partition coefficient (Wildman–Crippen LogP) is 0.434. The molecule has 17 heavy (non-hydrogen) atoms. The molecule has 0 radical (unpaired) electrons. The zero-order valence-electron chi connectivity index (χ0n) is 9.90. The Morgan fingerprint density at radius 1 is 1.65 bits per heavy atom. The van der Waals surface area contributed by atoms with Gasteiger partial charge in [-0.15, -0.1) is 0 Å². The Bertz CT molecular complexity index is 572. The van der Waals surface area contributed by atoms with Gasteiger partial charge in [-0.2, -0.15) is 4.98 Å². The number of H-pyrrole nitrogens is 1. The molecule has 0 saturated heterocycles. The summed E-state index contributed by atoms with van der Waals surface area (Å²) in [4.78, 5) is 22.0. The number of fused-ring (bicyclic) bond motifs is 1. The Morgan fingerprint density at radius 3 is 3.12 bits per heavy atom. The Morgan fingerprint density at radius 2 is 2.41 bits per heavy atom. The highest BCUT2D eigenvalue weighted by atomic mass is 16.1. The van der Waals surface area contributed by atoms with Crippen LogP contribution in [0.3, 0.4) is 0 Å². The van der Waals surface area contributed by atoms with Gasteiger partial charge in [-0.3, -0.25) is 9.78 Å². The molecule has 7 heteroatoms. The molecule has 0 fully saturated rings. The van der Waals surface area contributed by atoms with E-state index in [9.17, 15) is 4.79 Å². The number of hydrogen-bond donors (Lipinski definition) is 3. The van der Waals surface area contributed by atoms with E-state index in [1.54, 1.807) is 11.0 Å². The quantitative estimate of drug-likeness (QED) is 0.714. The fourth-order valence-electron chi connectivity index (χ4n) is 1.76. The summed E-state index contributed by atoms with van der Waals surface area (Å²) in [6, 6.07) is 0.278. The number of hydrogen-bond acceptors (Lipinski definition) is 5. The molecule has 0 bridgehead atoms. The van der Waals surface area contributed by atoms with Crippen molar-refractivity contribution in [2.75, 3.05) is 11.2 Å². The van der Waals surface area contributed by atoms with Gasteiger partial charge in [0.15, 0.2) is 11.2 Å². The van der Waals surface area contributed by atoms with E-state index in [0.717, 1.165) is 12.8 Å². The Hall–Kier alpha value is -2.05. The van der Waals surface area contributed by atoms with Crippen LogP contribution < -0.4 is 16.7 Å². The van der Waals surface area contributed by atoms with Crippen molar-refractivity contribution in [3.05, 3.63) is 16.7 Å². The van der Waals surface area contributed by atoms with Crippen molar-refractivity contribution >= 4 is 17.1 Å². The maximum Gasteiger partial charge on any atom is 0.280 e. The molecule has 0 aliphatic heterocycles. The van der Waals surface area contributed by atoms with Crippen LogP contribution in [-0.4, -0.2) is 25.7 Å². The molecular weight excluding hydrogens is 220 g/mol. The molecule has 7 nitrogen and oxygen atoms in total. The molecular formula is C10H16N6O. The third kappa shape index (κ3) is 2.22. The molecule has 0 aliphatic carbocycles. The molecule has 2 heterocycles. The first-order valence-electron chi connectivity index (χ1n) is 5.61. The van der Waals surface area contributed by atoms with Crippen LogP contribution >= 0.6 is 0 Å². The fraction of sp³-hybridized carbons (Fsp3) is 0.500. The minimum atomic E-state index is -0.323. The van der Waals surface area contributed by atoms with Gasteiger partial charge in [0.1, 0.15) is 6.33 Å². The zero-order chi connectivity index (χ0) is 12.4. The molecule has 2 aromatic rings. The molecule has 0 aromatic carbocycles. The number of nitrogens with zero attached hydrogens (tertiary/aromatic N) is 3. The molecule has 0 spiro atoms. The van der Waals surface area contributed by atoms with Crippen LogP contribution in [0.5, 0.6) is 0 Å². The van der Waals surface area contributed by atoms with Crippen LogP contribution in [0, 0.1) is 0 Å². The summed E-state index contributed by atoms with van der Waals surface area (Å²) in [5.41, 5.74) is 9.13. The molecule has 2 aromatic heterocycles. The third-order valence-electron chi connectivity index (χ3n) is 2.51. The van der Waals surface area contributed by atoms with Crippen molar-refractivity contribution < 1.29 is 0 Å². The van der Waals surface area contributed by atoms with Crippen molar-refractivity contribution in [1.82, 2.24) is 19.6 Å². The van der Waals surface area contributed by atoms with Gasteiger partial charge in [0.05, 0.1) is 0 Å². The van der Waals surface area contributed by atoms with E-state index in [4.69, 9.17) is 5.73 Å². The van der Waals surface area contributed by atoms with Crippen LogP contribution in [0.15, 0.2) is 11.1 Å². The van der Waals surface area contributed by atoms with Gasteiger partial charge in [0, 0.05) is 6.04 Å². The Kier molecular flexibility index (Phi) is 2.99. The second kappa shape index (κ2) is 4.44. The van der Waals surface area contributed by atoms with Crippen LogP contribution in [0.1, 0.15) is 26.7 Å². The second-order valence-electron chi connectivity index (χ2n) is 4.06. The zero-order valence-corrected chi connectivity index (χ0v) is 9.90. The number of rotatable bonds is 4. The van der Waals surface area contributed by atoms with E-state index < -0.39 is 0 Å². The third-order valence-corrected chi connectivity index (χ3v) is 2.51. The number of nitrogens with two attached hydrogens (primary N) is 1. The van der Waals surface area contributed by atoms with Crippen LogP contribution in [0.4, 0.5) is 5.95 Å². The van der Waals surface area contributed by atoms with Crippen LogP contribution in [-0.2, 0) is 0 Å². The summed E-state index contributed by atoms with van der Waals surface area (Å²) in [7, 11) is 0. The van der Waals surface area contributed by atoms with Crippen LogP contribution in [0.2, 0.25) is 0 Å². The first-order chi connectivity index (χ1) is 8.11. The SMILES string of the molecule is CCCC(C)Nn1cnc2c(=O)[nH]c(N)nc21. The van der Waals surface area contributed by atoms with Gasteiger partial charge in [-0.1, -0.05) is 13.3 Å². The lowest BCUT2D eigenvalue weighted by atomic mass is 10.2. The number of nitrogen functional groups attached to an aromatic ring is 1. The summed E-state index contributed by atoms with van der Waals surface area (Å²) in [6.07, 6.45) is 3.65. The molecule has 0 aliphatic rings. The van der Waals surface area contributed by atoms with Gasteiger partial charge in [0.25, 0.3) is 5.56 Å². The maximum absolute atomic E-state index is 11.5. The summed E-state index contributed by atoms with van der Waals surface area (Å²) in [5, 5.41) is 0. The minimum Gasteiger partial charge on any atom is -0.369 e. The maximum atomic E-state index is 11.5. The van der Waals surface area contributed by atoms with Gasteiger partial charge in [-0.05, 0) is 13.3 Å². The van der Waals surface area contributed by atoms with Crippen molar-refractivity contribution in [3.63, 3.8) is 0 Å². The highest BCUT2D eigenvalue weighted by molar-refractivity contribution is 5.70. The van der Waals surface area contributed by atoms with Gasteiger partial charge in [-0.25, -0.2) is 9.66 Å². The van der Waals surface area contributed by atoms with Crippen LogP contribution in [0.25, 0.3) is 11.2 Å². The number of imidazole rings is 1. The Balaban J connectivity index is 2.39. The number of nitrogens with one attached hydrogen (secondary N) is 2. The molecule has 4 N–H and O–H groups in total. The second-order valence-corrected chi connectivity index (χ2v) is 4.06. The largest absolute Gasteiger partial charge is 0.369 e. The smallest absolute Gasteiger partial charge is 0.280 e. The average molecular weight is 236 g/mol. The van der Waals surface area contributed by atoms with Gasteiger partial charge < -0.3 is 11.2 Å². The highest BCUT2D eigenvalue weighted by Crippen LogP contribution is 2.06. The summed E-state index contributed by atoms with van der Waals surface area (Å²) in [5.74, 6) is 0.0918. The molecule has 0 amide bonds. The molecule has 2 rings (SSSR count). The van der Waals surface area contributed by atoms with E-state index in [1.165, 1.54) is 0 Å². The number of aromatic nitrogens is 4. The van der Waals surface area contributed by atoms with E-state index >= 15 is 0 Å². The van der Waals surface area contributed by atoms with Gasteiger partial charge in [0.2, 0.25) is 5.95 Å². The highest BCUT2D eigenvalue weighted by Gasteiger charge is 2.10. The first-order valence-corrected chi connectivity index (χ1v) is 5.61. The van der Waals surface area contributed by atoms with Gasteiger partial charge >= 0.3 is 0 Å². The van der Waals surface area contributed by atoms with Crippen molar-refractivity contribution in [2.45, 2.75) is 32.7 Å². The minimum absolute atomic E-state index is 0.0918. The topological polar surface area (TPSA) is 102 Å². The molecule has 92 valence electrons. The molecule has 1 unspecified atom stereocenters. The van der Waals surface area contributed by atoms with Crippen molar-refractivity contribution in [3.8, 4) is 0 Å². The lowest BCUT2D eigenvalue weighted by Crippen LogP contribution is -2.25. The number of aromatic amines is 1. The number of anilines is 1. The molecule has 1 atom stereocenters. The fourth-order valence-corrected chi connectivity index (χ4v) is 1.76. The monoisotopic (exact) mass is 236 g/mol. The van der Waals surface area contributed by atoms with Crippen molar-refractivity contribution in [2.24, 2.45) is 0 Å². The summed E-state index contributed by atoms with van der Waals surface area (Å²) < 4.78 is 1.64. The summed E-state index contributed by atoms with van der Waals surface area (Å²) in [6.45, 7) is 4.18. The van der Waals surface area contributed by atoms with E-state index in [0.29, 0.717) is 5.65 Å². The van der Waals surface area contributed by atoms with E-state index in [-0.39, 0.29) is 23.1 Å². The summed E-state index contributed by atoms with van der Waals surface area (Å²) >= 11 is 0. The standard InChI is InChI=1S/C10H16N6O/c1-3-4-6(2)15-16-5-12-7-8(16)13-10(11)14-9(7)17/h5-6,15H,3-4H2,1-2H3,(H3,11,13,14,17). The Labute approximate surface area is 98.0 Å². The van der Waals surface area contributed by atoms with Crippen molar-refractivity contribution in [1.29, 1.82) is 0 Å². The van der Waals surface area contributed by atoms with E-state index in [2.05, 4.69) is 34.2 Å². The lowest BCUT2D eigenvalue weighted by Gasteiger charge is -2.14.